The number of thiophene rings is 1. The molecule has 0 aliphatic carbocycles. The normalized spacial score (nSPS) is 12.2. The average molecular weight is 224 g/mol. The molecule has 5 heteroatoms. The van der Waals surface area contributed by atoms with Crippen molar-refractivity contribution in [3.8, 4) is 0 Å². The maximum absolute atomic E-state index is 11.9. The van der Waals surface area contributed by atoms with Crippen LogP contribution in [0.3, 0.4) is 0 Å². The van der Waals surface area contributed by atoms with Gasteiger partial charge in [-0.15, -0.1) is 11.3 Å². The molecule has 15 heavy (non-hydrogen) atoms. The maximum atomic E-state index is 11.9. The van der Waals surface area contributed by atoms with Crippen molar-refractivity contribution in [2.75, 3.05) is 0 Å². The van der Waals surface area contributed by atoms with Crippen molar-refractivity contribution in [1.82, 2.24) is 9.55 Å². The molecule has 0 saturated carbocycles. The van der Waals surface area contributed by atoms with E-state index < -0.39 is 5.60 Å². The number of fused-ring (bicyclic) bond motifs is 1. The van der Waals surface area contributed by atoms with Crippen LogP contribution in [0.2, 0.25) is 0 Å². The Morgan fingerprint density at radius 1 is 1.60 bits per heavy atom. The fourth-order valence-corrected chi connectivity index (χ4v) is 2.15. The van der Waals surface area contributed by atoms with Gasteiger partial charge in [-0.25, -0.2) is 4.98 Å². The van der Waals surface area contributed by atoms with Gasteiger partial charge < -0.3 is 5.11 Å². The van der Waals surface area contributed by atoms with Crippen molar-refractivity contribution in [2.45, 2.75) is 26.0 Å². The van der Waals surface area contributed by atoms with E-state index in [1.807, 2.05) is 5.38 Å². The summed E-state index contributed by atoms with van der Waals surface area (Å²) in [7, 11) is 0. The number of rotatable bonds is 2. The van der Waals surface area contributed by atoms with Gasteiger partial charge in [0.25, 0.3) is 5.56 Å². The van der Waals surface area contributed by atoms with Crippen molar-refractivity contribution in [1.29, 1.82) is 0 Å². The highest BCUT2D eigenvalue weighted by Crippen LogP contribution is 2.14. The lowest BCUT2D eigenvalue weighted by atomic mass is 10.1. The Kier molecular flexibility index (Phi) is 2.36. The second-order valence-electron chi connectivity index (χ2n) is 4.13. The smallest absolute Gasteiger partial charge is 0.262 e. The average Bonchev–Trinajstić information content (AvgIpc) is 2.56. The van der Waals surface area contributed by atoms with Crippen LogP contribution in [0.5, 0.6) is 0 Å². The summed E-state index contributed by atoms with van der Waals surface area (Å²) in [6.45, 7) is 3.58. The number of aromatic nitrogens is 2. The first-order chi connectivity index (χ1) is 6.97. The van der Waals surface area contributed by atoms with Gasteiger partial charge in [0.15, 0.2) is 0 Å². The first-order valence-corrected chi connectivity index (χ1v) is 5.50. The monoisotopic (exact) mass is 224 g/mol. The van der Waals surface area contributed by atoms with Crippen LogP contribution in [-0.2, 0) is 6.54 Å². The second-order valence-corrected chi connectivity index (χ2v) is 5.02. The minimum absolute atomic E-state index is 0.0941. The van der Waals surface area contributed by atoms with Crippen LogP contribution in [0, 0.1) is 0 Å². The molecule has 0 atom stereocenters. The summed E-state index contributed by atoms with van der Waals surface area (Å²) in [5.74, 6) is 0. The maximum Gasteiger partial charge on any atom is 0.262 e. The third kappa shape index (κ3) is 2.08. The van der Waals surface area contributed by atoms with Gasteiger partial charge in [0.1, 0.15) is 4.83 Å². The van der Waals surface area contributed by atoms with Crippen molar-refractivity contribution >= 4 is 21.6 Å². The molecule has 2 heterocycles. The molecule has 0 saturated heterocycles. The van der Waals surface area contributed by atoms with E-state index in [2.05, 4.69) is 4.98 Å². The summed E-state index contributed by atoms with van der Waals surface area (Å²) in [5.41, 5.74) is -1.00. The third-order valence-corrected chi connectivity index (χ3v) is 2.83. The van der Waals surface area contributed by atoms with Gasteiger partial charge in [-0.05, 0) is 25.3 Å². The SMILES string of the molecule is CC(C)(O)Cn1cnc2sccc2c1=O. The van der Waals surface area contributed by atoms with E-state index in [1.54, 1.807) is 19.9 Å². The first-order valence-electron chi connectivity index (χ1n) is 4.62. The lowest BCUT2D eigenvalue weighted by molar-refractivity contribution is 0.0603. The van der Waals surface area contributed by atoms with Gasteiger partial charge in [0.2, 0.25) is 0 Å². The van der Waals surface area contributed by atoms with Gasteiger partial charge in [0, 0.05) is 0 Å². The first kappa shape index (κ1) is 10.3. The van der Waals surface area contributed by atoms with E-state index in [4.69, 9.17) is 0 Å². The van der Waals surface area contributed by atoms with Gasteiger partial charge in [0.05, 0.1) is 23.9 Å². The number of aliphatic hydroxyl groups is 1. The molecule has 0 unspecified atom stereocenters. The predicted molar refractivity (Wildman–Crippen MR) is 60.2 cm³/mol. The molecule has 2 aromatic heterocycles. The highest BCUT2D eigenvalue weighted by Gasteiger charge is 2.15. The van der Waals surface area contributed by atoms with E-state index >= 15 is 0 Å². The van der Waals surface area contributed by atoms with Crippen LogP contribution < -0.4 is 5.56 Å². The highest BCUT2D eigenvalue weighted by atomic mass is 32.1. The lowest BCUT2D eigenvalue weighted by Crippen LogP contribution is -2.32. The Labute approximate surface area is 90.8 Å². The molecule has 2 rings (SSSR count). The largest absolute Gasteiger partial charge is 0.389 e. The van der Waals surface area contributed by atoms with Crippen LogP contribution in [0.15, 0.2) is 22.6 Å². The van der Waals surface area contributed by atoms with Gasteiger partial charge in [-0.1, -0.05) is 0 Å². The van der Waals surface area contributed by atoms with Crippen molar-refractivity contribution < 1.29 is 5.11 Å². The summed E-state index contributed by atoms with van der Waals surface area (Å²) < 4.78 is 1.44. The van der Waals surface area contributed by atoms with Crippen molar-refractivity contribution in [3.05, 3.63) is 28.1 Å². The summed E-state index contributed by atoms with van der Waals surface area (Å²) in [6.07, 6.45) is 1.49. The Bertz CT molecular complexity index is 536. The van der Waals surface area contributed by atoms with Crippen LogP contribution >= 0.6 is 11.3 Å². The van der Waals surface area contributed by atoms with Gasteiger partial charge >= 0.3 is 0 Å². The number of hydrogen-bond donors (Lipinski definition) is 1. The van der Waals surface area contributed by atoms with Gasteiger partial charge in [-0.2, -0.15) is 0 Å². The molecule has 2 aromatic rings. The zero-order valence-corrected chi connectivity index (χ0v) is 9.41. The fourth-order valence-electron chi connectivity index (χ4n) is 1.42. The molecule has 0 aliphatic rings. The zero-order chi connectivity index (χ0) is 11.1. The van der Waals surface area contributed by atoms with E-state index in [9.17, 15) is 9.90 Å². The molecule has 0 radical (unpaired) electrons. The molecule has 0 amide bonds. The van der Waals surface area contributed by atoms with Crippen LogP contribution in [0.25, 0.3) is 10.2 Å². The van der Waals surface area contributed by atoms with Crippen LogP contribution in [0.4, 0.5) is 0 Å². The summed E-state index contributed by atoms with van der Waals surface area (Å²) in [4.78, 5) is 16.8. The van der Waals surface area contributed by atoms with Gasteiger partial charge in [-0.3, -0.25) is 9.36 Å². The molecule has 1 N–H and O–H groups in total. The summed E-state index contributed by atoms with van der Waals surface area (Å²) in [6, 6.07) is 1.76. The molecule has 0 fully saturated rings. The minimum Gasteiger partial charge on any atom is -0.389 e. The van der Waals surface area contributed by atoms with E-state index in [-0.39, 0.29) is 12.1 Å². The predicted octanol–water partition coefficient (Wildman–Crippen LogP) is 1.23. The summed E-state index contributed by atoms with van der Waals surface area (Å²) >= 11 is 1.44. The summed E-state index contributed by atoms with van der Waals surface area (Å²) in [5, 5.41) is 12.1. The topological polar surface area (TPSA) is 55.1 Å². The highest BCUT2D eigenvalue weighted by molar-refractivity contribution is 7.16. The zero-order valence-electron chi connectivity index (χ0n) is 8.60. The Balaban J connectivity index is 2.53. The molecule has 4 nitrogen and oxygen atoms in total. The number of nitrogens with zero attached hydrogens (tertiary/aromatic N) is 2. The molecular formula is C10H12N2O2S. The molecular weight excluding hydrogens is 212 g/mol. The Morgan fingerprint density at radius 3 is 3.00 bits per heavy atom. The molecule has 0 aliphatic heterocycles. The van der Waals surface area contributed by atoms with Crippen molar-refractivity contribution in [2.24, 2.45) is 0 Å². The molecule has 0 bridgehead atoms. The number of hydrogen-bond acceptors (Lipinski definition) is 4. The minimum atomic E-state index is -0.908. The standard InChI is InChI=1S/C10H12N2O2S/c1-10(2,14)5-12-6-11-8-7(9(12)13)3-4-15-8/h3-4,6,14H,5H2,1-2H3. The molecule has 0 aromatic carbocycles. The van der Waals surface area contributed by atoms with E-state index in [1.165, 1.54) is 22.2 Å². The molecule has 80 valence electrons. The quantitative estimate of drug-likeness (QED) is 0.834. The second kappa shape index (κ2) is 3.43. The van der Waals surface area contributed by atoms with E-state index in [0.29, 0.717) is 5.39 Å². The van der Waals surface area contributed by atoms with Crippen LogP contribution in [0.1, 0.15) is 13.8 Å². The Morgan fingerprint density at radius 2 is 2.33 bits per heavy atom. The third-order valence-electron chi connectivity index (χ3n) is 2.01. The fraction of sp³-hybridized carbons (Fsp3) is 0.400. The van der Waals surface area contributed by atoms with Crippen LogP contribution in [-0.4, -0.2) is 20.3 Å². The lowest BCUT2D eigenvalue weighted by Gasteiger charge is -2.17. The Hall–Kier alpha value is -1.20. The van der Waals surface area contributed by atoms with E-state index in [0.717, 1.165) is 4.83 Å². The van der Waals surface area contributed by atoms with Crippen molar-refractivity contribution in [3.63, 3.8) is 0 Å². The molecule has 0 spiro atoms.